The molecule has 2 aromatic rings. The molecule has 302 valence electrons. The second-order valence-electron chi connectivity index (χ2n) is 17.4. The van der Waals surface area contributed by atoms with Crippen LogP contribution in [0.25, 0.3) is 0 Å². The van der Waals surface area contributed by atoms with E-state index in [0.717, 1.165) is 94.4 Å². The molecule has 7 rings (SSSR count). The highest BCUT2D eigenvalue weighted by atomic mass is 35.5. The van der Waals surface area contributed by atoms with E-state index in [9.17, 15) is 13.2 Å². The van der Waals surface area contributed by atoms with Crippen LogP contribution in [0.2, 0.25) is 5.02 Å². The Hall–Kier alpha value is -2.63. The lowest BCUT2D eigenvalue weighted by atomic mass is 9.63. The number of amides is 1. The zero-order chi connectivity index (χ0) is 39.0. The van der Waals surface area contributed by atoms with E-state index in [0.29, 0.717) is 50.0 Å². The lowest BCUT2D eigenvalue weighted by Crippen LogP contribution is -2.59. The predicted molar refractivity (Wildman–Crippen MR) is 222 cm³/mol. The smallest absolute Gasteiger partial charge is 0.264 e. The van der Waals surface area contributed by atoms with E-state index in [2.05, 4.69) is 64.5 Å². The standard InChI is InChI=1S/C44H63ClN4O5S/c1-6-10-41-32(5)11-8-20-44(54-7-2,29-47-21-23-48(24-22-47)31(3)4)38-16-13-35(38)27-49-28-43(19-9-12-33-25-36(45)15-17-37(33)43)30-53-40-18-14-34(26-39(40)49)42(50)46-55(41,51)52/h8,14-15,17-18,20,25-26,31-32,35,38,41H,6-7,9-13,16,19,21-24,27-30H2,1-5H3,(H,46,50)/b20-8+/t32-,35-,38+,41+,43-,44-/m0/s1. The number of fused-ring (bicyclic) bond motifs is 4. The average molecular weight is 796 g/mol. The maximum Gasteiger partial charge on any atom is 0.264 e. The van der Waals surface area contributed by atoms with E-state index in [-0.39, 0.29) is 17.3 Å². The molecule has 1 amide bonds. The minimum Gasteiger partial charge on any atom is -0.490 e. The van der Waals surface area contributed by atoms with E-state index >= 15 is 0 Å². The molecular formula is C44H63ClN4O5S. The van der Waals surface area contributed by atoms with Gasteiger partial charge in [0.25, 0.3) is 5.91 Å². The van der Waals surface area contributed by atoms with Crippen LogP contribution in [0.3, 0.4) is 0 Å². The van der Waals surface area contributed by atoms with Crippen molar-refractivity contribution in [3.05, 3.63) is 70.3 Å². The maximum atomic E-state index is 14.0. The van der Waals surface area contributed by atoms with Crippen LogP contribution in [-0.2, 0) is 26.6 Å². The highest BCUT2D eigenvalue weighted by Crippen LogP contribution is 2.49. The van der Waals surface area contributed by atoms with Gasteiger partial charge in [-0.15, -0.1) is 0 Å². The number of rotatable bonds is 7. The van der Waals surface area contributed by atoms with E-state index in [1.807, 2.05) is 32.0 Å². The van der Waals surface area contributed by atoms with Crippen LogP contribution in [0.1, 0.15) is 101 Å². The third-order valence-electron chi connectivity index (χ3n) is 13.6. The number of benzene rings is 2. The number of hydrogen-bond acceptors (Lipinski definition) is 8. The van der Waals surface area contributed by atoms with Crippen molar-refractivity contribution in [1.82, 2.24) is 14.5 Å². The summed E-state index contributed by atoms with van der Waals surface area (Å²) in [5, 5.41) is 0.0458. The third kappa shape index (κ3) is 8.36. The average Bonchev–Trinajstić information content (AvgIpc) is 3.28. The molecule has 2 bridgehead atoms. The quantitative estimate of drug-likeness (QED) is 0.289. The molecule has 6 atom stereocenters. The van der Waals surface area contributed by atoms with Crippen LogP contribution in [-0.4, -0.2) is 100 Å². The zero-order valence-electron chi connectivity index (χ0n) is 33.7. The zero-order valence-corrected chi connectivity index (χ0v) is 35.3. The van der Waals surface area contributed by atoms with Crippen molar-refractivity contribution in [1.29, 1.82) is 0 Å². The molecule has 1 spiro atoms. The Morgan fingerprint density at radius 1 is 1.07 bits per heavy atom. The van der Waals surface area contributed by atoms with Crippen molar-refractivity contribution >= 4 is 33.2 Å². The molecule has 55 heavy (non-hydrogen) atoms. The molecule has 0 radical (unpaired) electrons. The highest BCUT2D eigenvalue weighted by molar-refractivity contribution is 7.90. The van der Waals surface area contributed by atoms with Crippen LogP contribution in [0.15, 0.2) is 48.6 Å². The van der Waals surface area contributed by atoms with E-state index in [1.54, 1.807) is 6.07 Å². The van der Waals surface area contributed by atoms with Crippen LogP contribution in [0, 0.1) is 17.8 Å². The summed E-state index contributed by atoms with van der Waals surface area (Å²) in [4.78, 5) is 21.5. The monoisotopic (exact) mass is 794 g/mol. The number of anilines is 1. The molecule has 3 heterocycles. The fraction of sp³-hybridized carbons (Fsp3) is 0.659. The molecule has 1 saturated carbocycles. The summed E-state index contributed by atoms with van der Waals surface area (Å²) in [7, 11) is -3.98. The number of carbonyl (C=O) groups is 1. The number of nitrogens with zero attached hydrogens (tertiary/aromatic N) is 3. The molecule has 0 unspecified atom stereocenters. The van der Waals surface area contributed by atoms with Gasteiger partial charge in [-0.05, 0) is 125 Å². The molecule has 0 aromatic heterocycles. The Labute approximate surface area is 335 Å². The van der Waals surface area contributed by atoms with Crippen LogP contribution >= 0.6 is 11.6 Å². The SMILES string of the molecule is CCC[C@@H]1[C@@H](C)C/C=C/[C@@](CN2CCN(C(C)C)CC2)(OCC)[C@@H]2CC[C@H]2CN2C[C@@]3(CCCc4cc(Cl)ccc43)COc3ccc(cc32)C(=O)NS1(=O)=O. The minimum absolute atomic E-state index is 0.194. The summed E-state index contributed by atoms with van der Waals surface area (Å²) in [5.74, 6) is 0.564. The molecule has 2 fully saturated rings. The number of nitrogens with one attached hydrogen (secondary N) is 1. The van der Waals surface area contributed by atoms with Crippen molar-refractivity contribution in [3.8, 4) is 5.75 Å². The number of ether oxygens (including phenoxy) is 2. The van der Waals surface area contributed by atoms with Gasteiger partial charge in [-0.3, -0.25) is 14.6 Å². The number of halogens is 1. The Balaban J connectivity index is 1.31. The second kappa shape index (κ2) is 16.7. The van der Waals surface area contributed by atoms with Gasteiger partial charge in [0.15, 0.2) is 0 Å². The fourth-order valence-corrected chi connectivity index (χ4v) is 12.4. The topological polar surface area (TPSA) is 91.4 Å². The Kier molecular flexibility index (Phi) is 12.3. The number of piperazine rings is 1. The Morgan fingerprint density at radius 3 is 2.58 bits per heavy atom. The van der Waals surface area contributed by atoms with Crippen LogP contribution < -0.4 is 14.4 Å². The van der Waals surface area contributed by atoms with Gasteiger partial charge in [-0.25, -0.2) is 13.1 Å². The van der Waals surface area contributed by atoms with Crippen molar-refractivity contribution < 1.29 is 22.7 Å². The summed E-state index contributed by atoms with van der Waals surface area (Å²) in [6, 6.07) is 12.3. The molecule has 2 aliphatic carbocycles. The first kappa shape index (κ1) is 40.6. The van der Waals surface area contributed by atoms with Gasteiger partial charge in [-0.1, -0.05) is 50.1 Å². The van der Waals surface area contributed by atoms with Gasteiger partial charge >= 0.3 is 0 Å². The van der Waals surface area contributed by atoms with Gasteiger partial charge in [0, 0.05) is 74.5 Å². The summed E-state index contributed by atoms with van der Waals surface area (Å²) < 4.78 is 44.3. The molecular weight excluding hydrogens is 732 g/mol. The summed E-state index contributed by atoms with van der Waals surface area (Å²) >= 11 is 6.53. The van der Waals surface area contributed by atoms with Crippen molar-refractivity contribution in [2.24, 2.45) is 17.8 Å². The number of carbonyl (C=O) groups excluding carboxylic acids is 1. The van der Waals surface area contributed by atoms with Gasteiger partial charge in [0.05, 0.1) is 17.5 Å². The first-order valence-corrected chi connectivity index (χ1v) is 22.9. The number of allylic oxidation sites excluding steroid dienone is 1. The van der Waals surface area contributed by atoms with Crippen molar-refractivity contribution in [2.45, 2.75) is 108 Å². The largest absolute Gasteiger partial charge is 0.490 e. The summed E-state index contributed by atoms with van der Waals surface area (Å²) in [6.45, 7) is 18.2. The van der Waals surface area contributed by atoms with Crippen molar-refractivity contribution in [2.75, 3.05) is 63.9 Å². The Bertz CT molecular complexity index is 1830. The van der Waals surface area contributed by atoms with E-state index < -0.39 is 26.8 Å². The molecule has 5 aliphatic rings. The highest BCUT2D eigenvalue weighted by Gasteiger charge is 2.50. The van der Waals surface area contributed by atoms with Crippen LogP contribution in [0.4, 0.5) is 5.69 Å². The molecule has 11 heteroatoms. The normalized spacial score (nSPS) is 32.1. The van der Waals surface area contributed by atoms with E-state index in [4.69, 9.17) is 21.1 Å². The van der Waals surface area contributed by atoms with Crippen molar-refractivity contribution in [3.63, 3.8) is 0 Å². The second-order valence-corrected chi connectivity index (χ2v) is 19.8. The molecule has 2 aromatic carbocycles. The summed E-state index contributed by atoms with van der Waals surface area (Å²) in [6.07, 6.45) is 11.4. The molecule has 9 nitrogen and oxygen atoms in total. The first-order valence-electron chi connectivity index (χ1n) is 21.0. The molecule has 1 N–H and O–H groups in total. The lowest BCUT2D eigenvalue weighted by Gasteiger charge is -2.52. The number of sulfonamides is 1. The summed E-state index contributed by atoms with van der Waals surface area (Å²) in [5.41, 5.74) is 2.97. The maximum absolute atomic E-state index is 14.0. The number of aryl methyl sites for hydroxylation is 1. The van der Waals surface area contributed by atoms with Gasteiger partial charge in [0.2, 0.25) is 10.0 Å². The molecule has 3 aliphatic heterocycles. The van der Waals surface area contributed by atoms with Gasteiger partial charge in [-0.2, -0.15) is 0 Å². The Morgan fingerprint density at radius 2 is 1.87 bits per heavy atom. The predicted octanol–water partition coefficient (Wildman–Crippen LogP) is 7.46. The number of hydrogen-bond donors (Lipinski definition) is 1. The van der Waals surface area contributed by atoms with Gasteiger partial charge < -0.3 is 14.4 Å². The first-order chi connectivity index (χ1) is 26.4. The molecule has 1 saturated heterocycles. The third-order valence-corrected chi connectivity index (χ3v) is 15.8. The minimum atomic E-state index is -3.98. The lowest BCUT2D eigenvalue weighted by molar-refractivity contribution is -0.113. The van der Waals surface area contributed by atoms with Crippen LogP contribution in [0.5, 0.6) is 5.75 Å². The fourth-order valence-electron chi connectivity index (χ4n) is 10.4. The van der Waals surface area contributed by atoms with E-state index in [1.165, 1.54) is 11.1 Å². The van der Waals surface area contributed by atoms with Gasteiger partial charge in [0.1, 0.15) is 11.4 Å².